The molecule has 0 spiro atoms. The van der Waals surface area contributed by atoms with Crippen molar-refractivity contribution in [1.82, 2.24) is 15.1 Å². The molecule has 0 aliphatic heterocycles. The molecule has 0 saturated carbocycles. The summed E-state index contributed by atoms with van der Waals surface area (Å²) in [6.07, 6.45) is 3.57. The summed E-state index contributed by atoms with van der Waals surface area (Å²) in [6.45, 7) is 4.28. The van der Waals surface area contributed by atoms with Gasteiger partial charge in [-0.1, -0.05) is 0 Å². The summed E-state index contributed by atoms with van der Waals surface area (Å²) in [4.78, 5) is 23.7. The molecule has 0 saturated heterocycles. The van der Waals surface area contributed by atoms with Gasteiger partial charge in [-0.15, -0.1) is 0 Å². The van der Waals surface area contributed by atoms with E-state index in [1.807, 2.05) is 44.3 Å². The van der Waals surface area contributed by atoms with Crippen LogP contribution in [0.4, 0.5) is 16.2 Å². The number of ether oxygens (including phenoxy) is 1. The molecule has 29 heavy (non-hydrogen) atoms. The lowest BCUT2D eigenvalue weighted by Gasteiger charge is -2.12. The van der Waals surface area contributed by atoms with Crippen LogP contribution >= 0.6 is 0 Å². The van der Waals surface area contributed by atoms with Gasteiger partial charge in [-0.05, 0) is 67.9 Å². The number of nitrogens with one attached hydrogen (secondary N) is 3. The van der Waals surface area contributed by atoms with Crippen LogP contribution in [0.2, 0.25) is 0 Å². The summed E-state index contributed by atoms with van der Waals surface area (Å²) >= 11 is 0. The second-order valence-electron chi connectivity index (χ2n) is 6.30. The van der Waals surface area contributed by atoms with E-state index in [0.29, 0.717) is 23.7 Å². The summed E-state index contributed by atoms with van der Waals surface area (Å²) in [6, 6.07) is 14.0. The molecule has 8 nitrogen and oxygen atoms in total. The van der Waals surface area contributed by atoms with Crippen molar-refractivity contribution in [1.29, 1.82) is 0 Å². The first kappa shape index (κ1) is 19.9. The first-order valence-electron chi connectivity index (χ1n) is 9.23. The minimum absolute atomic E-state index is 0.0467. The molecule has 3 amide bonds. The van der Waals surface area contributed by atoms with Crippen molar-refractivity contribution in [3.05, 3.63) is 66.5 Å². The zero-order valence-corrected chi connectivity index (χ0v) is 16.3. The van der Waals surface area contributed by atoms with Gasteiger partial charge in [0.2, 0.25) is 0 Å². The van der Waals surface area contributed by atoms with Gasteiger partial charge < -0.3 is 20.7 Å². The van der Waals surface area contributed by atoms with Crippen LogP contribution < -0.4 is 20.7 Å². The number of benzene rings is 2. The number of hydrogen-bond acceptors (Lipinski definition) is 4. The molecule has 8 heteroatoms. The largest absolute Gasteiger partial charge is 0.484 e. The number of amides is 3. The molecule has 150 valence electrons. The van der Waals surface area contributed by atoms with E-state index in [9.17, 15) is 9.59 Å². The Morgan fingerprint density at radius 2 is 1.90 bits per heavy atom. The van der Waals surface area contributed by atoms with Gasteiger partial charge in [0, 0.05) is 30.3 Å². The molecule has 0 fully saturated rings. The highest BCUT2D eigenvalue weighted by atomic mass is 16.5. The number of aryl methyl sites for hydroxylation is 1. The molecule has 0 bridgehead atoms. The lowest BCUT2D eigenvalue weighted by Crippen LogP contribution is -2.28. The van der Waals surface area contributed by atoms with Crippen LogP contribution in [-0.2, 0) is 4.79 Å². The number of hydrogen-bond donors (Lipinski definition) is 3. The van der Waals surface area contributed by atoms with E-state index in [0.717, 1.165) is 11.3 Å². The third-order valence-electron chi connectivity index (χ3n) is 4.08. The normalized spacial score (nSPS) is 10.3. The molecule has 3 N–H and O–H groups in total. The van der Waals surface area contributed by atoms with E-state index in [-0.39, 0.29) is 18.5 Å². The molecule has 0 atom stereocenters. The fraction of sp³-hybridized carbons (Fsp3) is 0.190. The van der Waals surface area contributed by atoms with Gasteiger partial charge in [0.15, 0.2) is 6.61 Å². The molecule has 1 aromatic heterocycles. The van der Waals surface area contributed by atoms with E-state index in [1.165, 1.54) is 0 Å². The second kappa shape index (κ2) is 9.41. The zero-order chi connectivity index (χ0) is 20.6. The Hall–Kier alpha value is -3.81. The number of aromatic nitrogens is 2. The minimum Gasteiger partial charge on any atom is -0.484 e. The number of carbonyl (C=O) groups excluding carboxylic acids is 2. The van der Waals surface area contributed by atoms with Crippen molar-refractivity contribution in [2.45, 2.75) is 13.8 Å². The van der Waals surface area contributed by atoms with Crippen molar-refractivity contribution < 1.29 is 14.3 Å². The number of likely N-dealkylation sites (N-methyl/N-ethyl adjacent to an activating group) is 1. The van der Waals surface area contributed by atoms with Gasteiger partial charge in [0.1, 0.15) is 5.75 Å². The Balaban J connectivity index is 1.54. The Kier molecular flexibility index (Phi) is 6.47. The maximum Gasteiger partial charge on any atom is 0.323 e. The maximum absolute atomic E-state index is 12.3. The highest BCUT2D eigenvalue weighted by molar-refractivity contribution is 6.00. The predicted octanol–water partition coefficient (Wildman–Crippen LogP) is 3.34. The van der Waals surface area contributed by atoms with Crippen molar-refractivity contribution >= 4 is 23.3 Å². The van der Waals surface area contributed by atoms with E-state index in [4.69, 9.17) is 4.74 Å². The standard InChI is InChI=1S/C21H23N5O3/c1-3-22-20(27)14-29-18-8-5-16(6-9-18)24-21(28)25-19-10-7-17(13-15(19)2)26-12-4-11-23-26/h4-13H,3,14H2,1-2H3,(H,22,27)(H2,24,25,28). The number of anilines is 2. The van der Waals surface area contributed by atoms with Crippen molar-refractivity contribution in [2.75, 3.05) is 23.8 Å². The van der Waals surface area contributed by atoms with Gasteiger partial charge >= 0.3 is 6.03 Å². The quantitative estimate of drug-likeness (QED) is 0.573. The smallest absolute Gasteiger partial charge is 0.323 e. The van der Waals surface area contributed by atoms with Crippen LogP contribution in [0.3, 0.4) is 0 Å². The Bertz CT molecular complexity index is 968. The molecular formula is C21H23N5O3. The number of urea groups is 1. The minimum atomic E-state index is -0.351. The zero-order valence-electron chi connectivity index (χ0n) is 16.3. The molecule has 0 aliphatic rings. The highest BCUT2D eigenvalue weighted by Crippen LogP contribution is 2.20. The summed E-state index contributed by atoms with van der Waals surface area (Å²) < 4.78 is 7.14. The topological polar surface area (TPSA) is 97.3 Å². The number of rotatable bonds is 7. The second-order valence-corrected chi connectivity index (χ2v) is 6.30. The fourth-order valence-electron chi connectivity index (χ4n) is 2.67. The van der Waals surface area contributed by atoms with Crippen molar-refractivity contribution in [3.63, 3.8) is 0 Å². The van der Waals surface area contributed by atoms with Crippen LogP contribution in [0, 0.1) is 6.92 Å². The van der Waals surface area contributed by atoms with Gasteiger partial charge in [-0.2, -0.15) is 5.10 Å². The average Bonchev–Trinajstić information content (AvgIpc) is 3.24. The molecule has 0 aliphatic carbocycles. The van der Waals surface area contributed by atoms with E-state index >= 15 is 0 Å². The first-order chi connectivity index (χ1) is 14.0. The van der Waals surface area contributed by atoms with Crippen LogP contribution in [0.5, 0.6) is 5.75 Å². The predicted molar refractivity (Wildman–Crippen MR) is 112 cm³/mol. The molecule has 3 aromatic rings. The van der Waals surface area contributed by atoms with Crippen LogP contribution in [0.25, 0.3) is 5.69 Å². The monoisotopic (exact) mass is 393 g/mol. The van der Waals surface area contributed by atoms with E-state index in [1.54, 1.807) is 35.1 Å². The van der Waals surface area contributed by atoms with Crippen molar-refractivity contribution in [3.8, 4) is 11.4 Å². The summed E-state index contributed by atoms with van der Waals surface area (Å²) in [7, 11) is 0. The molecular weight excluding hydrogens is 370 g/mol. The summed E-state index contributed by atoms with van der Waals surface area (Å²) in [5.41, 5.74) is 3.16. The third kappa shape index (κ3) is 5.58. The molecule has 0 unspecified atom stereocenters. The summed E-state index contributed by atoms with van der Waals surface area (Å²) in [5.74, 6) is 0.371. The van der Waals surface area contributed by atoms with E-state index < -0.39 is 0 Å². The lowest BCUT2D eigenvalue weighted by atomic mass is 10.2. The molecule has 3 rings (SSSR count). The van der Waals surface area contributed by atoms with Crippen molar-refractivity contribution in [2.24, 2.45) is 0 Å². The maximum atomic E-state index is 12.3. The lowest BCUT2D eigenvalue weighted by molar-refractivity contribution is -0.122. The third-order valence-corrected chi connectivity index (χ3v) is 4.08. The van der Waals surface area contributed by atoms with E-state index in [2.05, 4.69) is 21.0 Å². The Morgan fingerprint density at radius 3 is 2.55 bits per heavy atom. The summed E-state index contributed by atoms with van der Waals surface area (Å²) in [5, 5.41) is 12.5. The molecule has 0 radical (unpaired) electrons. The number of carbonyl (C=O) groups is 2. The first-order valence-corrected chi connectivity index (χ1v) is 9.23. The molecule has 1 heterocycles. The highest BCUT2D eigenvalue weighted by Gasteiger charge is 2.07. The van der Waals surface area contributed by atoms with Gasteiger partial charge in [0.05, 0.1) is 5.69 Å². The SMILES string of the molecule is CCNC(=O)COc1ccc(NC(=O)Nc2ccc(-n3cccn3)cc2C)cc1. The van der Waals surface area contributed by atoms with Crippen LogP contribution in [-0.4, -0.2) is 34.9 Å². The van der Waals surface area contributed by atoms with Gasteiger partial charge in [-0.3, -0.25) is 4.79 Å². The van der Waals surface area contributed by atoms with Gasteiger partial charge in [0.25, 0.3) is 5.91 Å². The number of nitrogens with zero attached hydrogens (tertiary/aromatic N) is 2. The fourth-order valence-corrected chi connectivity index (χ4v) is 2.67. The average molecular weight is 393 g/mol. The van der Waals surface area contributed by atoms with Gasteiger partial charge in [-0.25, -0.2) is 9.48 Å². The van der Waals surface area contributed by atoms with Crippen LogP contribution in [0.15, 0.2) is 60.9 Å². The Labute approximate surface area is 168 Å². The Morgan fingerprint density at radius 1 is 1.10 bits per heavy atom. The molecule has 2 aromatic carbocycles. The van der Waals surface area contributed by atoms with Crippen LogP contribution in [0.1, 0.15) is 12.5 Å².